The first-order valence-electron chi connectivity index (χ1n) is 10.6. The van der Waals surface area contributed by atoms with Gasteiger partial charge in [0.2, 0.25) is 0 Å². The summed E-state index contributed by atoms with van der Waals surface area (Å²) in [7, 11) is 0. The van der Waals surface area contributed by atoms with Gasteiger partial charge in [-0.25, -0.2) is 9.37 Å². The number of hydrogen-bond donors (Lipinski definition) is 1. The molecular weight excluding hydrogens is 583 g/mol. The minimum Gasteiger partial charge on any atom is -0.483 e. The average molecular weight is 602 g/mol. The minimum atomic E-state index is -0.452. The molecule has 1 aromatic heterocycles. The molecule has 0 bridgehead atoms. The Morgan fingerprint density at radius 2 is 1.91 bits per heavy atom. The lowest BCUT2D eigenvalue weighted by Gasteiger charge is -2.11. The summed E-state index contributed by atoms with van der Waals surface area (Å²) in [5.41, 5.74) is 1.17. The summed E-state index contributed by atoms with van der Waals surface area (Å²) in [6.45, 7) is 1.59. The summed E-state index contributed by atoms with van der Waals surface area (Å²) in [6, 6.07) is 16.1. The number of anilines is 1. The van der Waals surface area contributed by atoms with E-state index < -0.39 is 11.7 Å². The molecule has 3 aromatic carbocycles. The molecule has 7 nitrogen and oxygen atoms in total. The molecule has 178 valence electrons. The molecule has 0 saturated carbocycles. The van der Waals surface area contributed by atoms with Crippen LogP contribution in [0, 0.1) is 5.82 Å². The van der Waals surface area contributed by atoms with Gasteiger partial charge in [-0.2, -0.15) is 9.78 Å². The van der Waals surface area contributed by atoms with Gasteiger partial charge in [-0.15, -0.1) is 0 Å². The van der Waals surface area contributed by atoms with Gasteiger partial charge >= 0.3 is 0 Å². The first kappa shape index (κ1) is 24.7. The number of halogens is 3. The molecule has 0 fully saturated rings. The number of aryl methyl sites for hydroxylation is 1. The molecule has 10 heteroatoms. The summed E-state index contributed by atoms with van der Waals surface area (Å²) in [5.74, 6) is -0.00972. The van der Waals surface area contributed by atoms with E-state index in [0.29, 0.717) is 40.1 Å². The average Bonchev–Trinajstić information content (AvgIpc) is 2.83. The fourth-order valence-electron chi connectivity index (χ4n) is 3.32. The van der Waals surface area contributed by atoms with Crippen LogP contribution in [0.15, 0.2) is 79.5 Å². The van der Waals surface area contributed by atoms with Gasteiger partial charge in [-0.05, 0) is 54.6 Å². The molecular formula is C25H19Br2FN4O3. The van der Waals surface area contributed by atoms with E-state index >= 15 is 0 Å². The van der Waals surface area contributed by atoms with E-state index in [0.717, 1.165) is 8.95 Å². The first-order valence-corrected chi connectivity index (χ1v) is 12.2. The highest BCUT2D eigenvalue weighted by molar-refractivity contribution is 9.10. The standard InChI is InChI=1S/C25H19Br2FN4O3/c1-2-23-31-21-8-6-17(27)11-20(21)25(34)32(23)29-13-15-10-16(26)7-9-22(15)35-14-24(33)30-19-5-3-4-18(28)12-19/h3-13H,2,14H2,1H3,(H,30,33). The van der Waals surface area contributed by atoms with Crippen LogP contribution in [-0.2, 0) is 11.2 Å². The second-order valence-corrected chi connectivity index (χ2v) is 9.27. The Morgan fingerprint density at radius 3 is 2.69 bits per heavy atom. The molecule has 1 amide bonds. The Bertz CT molecular complexity index is 1500. The number of ether oxygens (including phenoxy) is 1. The molecule has 0 radical (unpaired) electrons. The van der Waals surface area contributed by atoms with Crippen LogP contribution in [0.1, 0.15) is 18.3 Å². The maximum Gasteiger partial charge on any atom is 0.282 e. The van der Waals surface area contributed by atoms with E-state index in [-0.39, 0.29) is 12.2 Å². The van der Waals surface area contributed by atoms with Crippen molar-refractivity contribution in [3.05, 3.63) is 97.2 Å². The molecule has 4 rings (SSSR count). The van der Waals surface area contributed by atoms with Crippen LogP contribution >= 0.6 is 31.9 Å². The summed E-state index contributed by atoms with van der Waals surface area (Å²) in [4.78, 5) is 30.0. The zero-order valence-electron chi connectivity index (χ0n) is 18.5. The fraction of sp³-hybridized carbons (Fsp3) is 0.120. The zero-order chi connectivity index (χ0) is 24.9. The van der Waals surface area contributed by atoms with Crippen molar-refractivity contribution in [3.8, 4) is 5.75 Å². The lowest BCUT2D eigenvalue weighted by atomic mass is 10.2. The number of hydrogen-bond acceptors (Lipinski definition) is 5. The van der Waals surface area contributed by atoms with Gasteiger partial charge in [0.15, 0.2) is 6.61 Å². The number of nitrogens with zero attached hydrogens (tertiary/aromatic N) is 3. The number of aromatic nitrogens is 2. The predicted octanol–water partition coefficient (Wildman–Crippen LogP) is 5.52. The van der Waals surface area contributed by atoms with E-state index in [2.05, 4.69) is 47.3 Å². The summed E-state index contributed by atoms with van der Waals surface area (Å²) in [5, 5.41) is 7.41. The second kappa shape index (κ2) is 10.9. The fourth-order valence-corrected chi connectivity index (χ4v) is 4.06. The maximum absolute atomic E-state index is 13.3. The zero-order valence-corrected chi connectivity index (χ0v) is 21.6. The van der Waals surface area contributed by atoms with E-state index in [1.54, 1.807) is 36.4 Å². The van der Waals surface area contributed by atoms with Crippen molar-refractivity contribution < 1.29 is 13.9 Å². The lowest BCUT2D eigenvalue weighted by molar-refractivity contribution is -0.118. The SMILES string of the molecule is CCc1nc2ccc(Br)cc2c(=O)n1N=Cc1cc(Br)ccc1OCC(=O)Nc1cccc(F)c1. The summed E-state index contributed by atoms with van der Waals surface area (Å²) < 4.78 is 21.8. The van der Waals surface area contributed by atoms with Crippen LogP contribution in [0.4, 0.5) is 10.1 Å². The Labute approximate surface area is 216 Å². The van der Waals surface area contributed by atoms with E-state index in [4.69, 9.17) is 4.74 Å². The van der Waals surface area contributed by atoms with Crippen molar-refractivity contribution in [1.29, 1.82) is 0 Å². The van der Waals surface area contributed by atoms with Gasteiger partial charge in [0, 0.05) is 26.6 Å². The highest BCUT2D eigenvalue weighted by Gasteiger charge is 2.11. The normalized spacial score (nSPS) is 11.2. The van der Waals surface area contributed by atoms with Crippen LogP contribution in [0.25, 0.3) is 10.9 Å². The Kier molecular flexibility index (Phi) is 7.72. The molecule has 0 saturated heterocycles. The topological polar surface area (TPSA) is 85.6 Å². The van der Waals surface area contributed by atoms with Crippen LogP contribution in [0.2, 0.25) is 0 Å². The number of rotatable bonds is 7. The van der Waals surface area contributed by atoms with Crippen molar-refractivity contribution in [2.45, 2.75) is 13.3 Å². The van der Waals surface area contributed by atoms with E-state index in [9.17, 15) is 14.0 Å². The van der Waals surface area contributed by atoms with Crippen LogP contribution in [0.3, 0.4) is 0 Å². The number of benzene rings is 3. The Morgan fingerprint density at radius 1 is 1.14 bits per heavy atom. The van der Waals surface area contributed by atoms with Crippen LogP contribution in [-0.4, -0.2) is 28.4 Å². The Balaban J connectivity index is 1.59. The van der Waals surface area contributed by atoms with Crippen molar-refractivity contribution >= 4 is 60.6 Å². The number of carbonyl (C=O) groups excluding carboxylic acids is 1. The summed E-state index contributed by atoms with van der Waals surface area (Å²) in [6.07, 6.45) is 1.98. The third-order valence-corrected chi connectivity index (χ3v) is 5.93. The number of fused-ring (bicyclic) bond motifs is 1. The van der Waals surface area contributed by atoms with Crippen LogP contribution < -0.4 is 15.6 Å². The highest BCUT2D eigenvalue weighted by Crippen LogP contribution is 2.22. The lowest BCUT2D eigenvalue weighted by Crippen LogP contribution is -2.22. The second-order valence-electron chi connectivity index (χ2n) is 7.43. The van der Waals surface area contributed by atoms with E-state index in [1.165, 1.54) is 29.1 Å². The maximum atomic E-state index is 13.3. The third-order valence-electron chi connectivity index (χ3n) is 4.94. The van der Waals surface area contributed by atoms with Gasteiger partial charge in [0.05, 0.1) is 17.1 Å². The van der Waals surface area contributed by atoms with Crippen LogP contribution in [0.5, 0.6) is 5.75 Å². The molecule has 0 aliphatic carbocycles. The molecule has 1 N–H and O–H groups in total. The molecule has 0 unspecified atom stereocenters. The van der Waals surface area contributed by atoms with Gasteiger partial charge in [-0.1, -0.05) is 44.8 Å². The quantitative estimate of drug-likeness (QED) is 0.283. The first-order chi connectivity index (χ1) is 16.8. The molecule has 35 heavy (non-hydrogen) atoms. The van der Waals surface area contributed by atoms with Crippen molar-refractivity contribution in [1.82, 2.24) is 9.66 Å². The van der Waals surface area contributed by atoms with Crippen molar-refractivity contribution in [2.75, 3.05) is 11.9 Å². The summed E-state index contributed by atoms with van der Waals surface area (Å²) >= 11 is 6.80. The predicted molar refractivity (Wildman–Crippen MR) is 141 cm³/mol. The number of carbonyl (C=O) groups is 1. The van der Waals surface area contributed by atoms with Crippen molar-refractivity contribution in [2.24, 2.45) is 5.10 Å². The van der Waals surface area contributed by atoms with Gasteiger partial charge in [-0.3, -0.25) is 9.59 Å². The molecule has 4 aromatic rings. The van der Waals surface area contributed by atoms with Gasteiger partial charge < -0.3 is 10.1 Å². The monoisotopic (exact) mass is 600 g/mol. The molecule has 1 heterocycles. The largest absolute Gasteiger partial charge is 0.483 e. The Hall–Kier alpha value is -3.37. The molecule has 0 aliphatic rings. The van der Waals surface area contributed by atoms with E-state index in [1.807, 2.05) is 13.0 Å². The molecule has 0 aliphatic heterocycles. The minimum absolute atomic E-state index is 0.295. The number of amides is 1. The third kappa shape index (κ3) is 6.01. The van der Waals surface area contributed by atoms with Crippen molar-refractivity contribution in [3.63, 3.8) is 0 Å². The van der Waals surface area contributed by atoms with Gasteiger partial charge in [0.1, 0.15) is 17.4 Å². The molecule has 0 spiro atoms. The smallest absolute Gasteiger partial charge is 0.282 e. The highest BCUT2D eigenvalue weighted by atomic mass is 79.9. The molecule has 0 atom stereocenters. The van der Waals surface area contributed by atoms with Gasteiger partial charge in [0.25, 0.3) is 11.5 Å². The number of nitrogens with one attached hydrogen (secondary N) is 1.